The third kappa shape index (κ3) is 3.24. The highest BCUT2D eigenvalue weighted by atomic mass is 15.2. The molecule has 3 nitrogen and oxygen atoms in total. The van der Waals surface area contributed by atoms with Crippen molar-refractivity contribution in [2.24, 2.45) is 0 Å². The summed E-state index contributed by atoms with van der Waals surface area (Å²) in [6.07, 6.45) is 2.39. The smallest absolute Gasteiger partial charge is 0.0991 e. The first kappa shape index (κ1) is 12.9. The lowest BCUT2D eigenvalue weighted by atomic mass is 10.0. The van der Waals surface area contributed by atoms with Gasteiger partial charge in [0.25, 0.3) is 0 Å². The van der Waals surface area contributed by atoms with Gasteiger partial charge in [-0.15, -0.1) is 0 Å². The normalized spacial score (nSPS) is 17.7. The van der Waals surface area contributed by atoms with Crippen molar-refractivity contribution in [3.05, 3.63) is 29.8 Å². The summed E-state index contributed by atoms with van der Waals surface area (Å²) in [6.45, 7) is 6.86. The Morgan fingerprint density at radius 3 is 2.33 bits per heavy atom. The lowest BCUT2D eigenvalue weighted by Gasteiger charge is -2.35. The molecule has 1 aromatic rings. The molecule has 0 spiro atoms. The Kier molecular flexibility index (Phi) is 4.22. The largest absolute Gasteiger partial charge is 0.382 e. The van der Waals surface area contributed by atoms with E-state index in [0.717, 1.165) is 11.3 Å². The molecule has 0 unspecified atom stereocenters. The van der Waals surface area contributed by atoms with E-state index >= 15 is 0 Å². The second-order valence-corrected chi connectivity index (χ2v) is 5.24. The van der Waals surface area contributed by atoms with Gasteiger partial charge in [-0.3, -0.25) is 0 Å². The zero-order valence-electron chi connectivity index (χ0n) is 11.2. The fourth-order valence-electron chi connectivity index (χ4n) is 2.44. The zero-order valence-corrected chi connectivity index (χ0v) is 11.2. The first-order valence-corrected chi connectivity index (χ1v) is 6.70. The fourth-order valence-corrected chi connectivity index (χ4v) is 2.44. The average Bonchev–Trinajstić information content (AvgIpc) is 2.40. The van der Waals surface area contributed by atoms with Crippen LogP contribution in [0.25, 0.3) is 0 Å². The molecule has 2 rings (SSSR count). The molecule has 0 radical (unpaired) electrons. The molecule has 1 heterocycles. The van der Waals surface area contributed by atoms with Crippen molar-refractivity contribution in [1.82, 2.24) is 4.90 Å². The van der Waals surface area contributed by atoms with E-state index in [1.807, 2.05) is 24.3 Å². The summed E-state index contributed by atoms with van der Waals surface area (Å²) in [5.41, 5.74) is 1.84. The number of rotatable bonds is 3. The number of nitrogens with zero attached hydrogens (tertiary/aromatic N) is 2. The quantitative estimate of drug-likeness (QED) is 0.887. The number of benzene rings is 1. The lowest BCUT2D eigenvalue weighted by molar-refractivity contribution is 0.177. The standard InChI is InChI=1S/C15H21N3/c1-12(2)18-9-7-15(8-10-18)17-14-5-3-13(11-16)4-6-14/h3-6,12,15,17H,7-10H2,1-2H3. The summed E-state index contributed by atoms with van der Waals surface area (Å²) < 4.78 is 0. The van der Waals surface area contributed by atoms with Gasteiger partial charge in [-0.25, -0.2) is 0 Å². The molecule has 1 aromatic carbocycles. The van der Waals surface area contributed by atoms with Crippen molar-refractivity contribution in [3.8, 4) is 6.07 Å². The van der Waals surface area contributed by atoms with Gasteiger partial charge in [-0.2, -0.15) is 5.26 Å². The Morgan fingerprint density at radius 1 is 1.22 bits per heavy atom. The van der Waals surface area contributed by atoms with Gasteiger partial charge in [0.05, 0.1) is 11.6 Å². The maximum atomic E-state index is 8.76. The van der Waals surface area contributed by atoms with Crippen molar-refractivity contribution in [2.75, 3.05) is 18.4 Å². The molecule has 1 fully saturated rings. The molecular formula is C15H21N3. The van der Waals surface area contributed by atoms with Crippen LogP contribution in [0.2, 0.25) is 0 Å². The van der Waals surface area contributed by atoms with Crippen LogP contribution in [0.3, 0.4) is 0 Å². The number of anilines is 1. The molecule has 1 aliphatic heterocycles. The van der Waals surface area contributed by atoms with E-state index in [2.05, 4.69) is 30.1 Å². The molecule has 0 aromatic heterocycles. The summed E-state index contributed by atoms with van der Waals surface area (Å²) in [5, 5.41) is 12.3. The Labute approximate surface area is 109 Å². The second-order valence-electron chi connectivity index (χ2n) is 5.24. The van der Waals surface area contributed by atoms with Crippen molar-refractivity contribution in [1.29, 1.82) is 5.26 Å². The van der Waals surface area contributed by atoms with Gasteiger partial charge in [0.15, 0.2) is 0 Å². The molecular weight excluding hydrogens is 222 g/mol. The molecule has 18 heavy (non-hydrogen) atoms. The van der Waals surface area contributed by atoms with E-state index in [-0.39, 0.29) is 0 Å². The minimum absolute atomic E-state index is 0.563. The van der Waals surface area contributed by atoms with Gasteiger partial charge in [0.2, 0.25) is 0 Å². The van der Waals surface area contributed by atoms with E-state index in [1.54, 1.807) is 0 Å². The number of nitriles is 1. The third-order valence-electron chi connectivity index (χ3n) is 3.64. The van der Waals surface area contributed by atoms with Crippen LogP contribution in [-0.4, -0.2) is 30.1 Å². The van der Waals surface area contributed by atoms with Crippen LogP contribution in [-0.2, 0) is 0 Å². The average molecular weight is 243 g/mol. The summed E-state index contributed by atoms with van der Waals surface area (Å²) in [4.78, 5) is 2.52. The van der Waals surface area contributed by atoms with E-state index < -0.39 is 0 Å². The molecule has 0 atom stereocenters. The Morgan fingerprint density at radius 2 is 1.83 bits per heavy atom. The summed E-state index contributed by atoms with van der Waals surface area (Å²) in [6, 6.07) is 11.1. The van der Waals surface area contributed by atoms with Gasteiger partial charge >= 0.3 is 0 Å². The molecule has 1 N–H and O–H groups in total. The van der Waals surface area contributed by atoms with Crippen LogP contribution in [0.4, 0.5) is 5.69 Å². The van der Waals surface area contributed by atoms with E-state index in [4.69, 9.17) is 5.26 Å². The van der Waals surface area contributed by atoms with Crippen molar-refractivity contribution in [3.63, 3.8) is 0 Å². The Balaban J connectivity index is 1.86. The van der Waals surface area contributed by atoms with Gasteiger partial charge in [0.1, 0.15) is 0 Å². The van der Waals surface area contributed by atoms with Crippen LogP contribution >= 0.6 is 0 Å². The molecule has 0 aliphatic carbocycles. The summed E-state index contributed by atoms with van der Waals surface area (Å²) in [7, 11) is 0. The lowest BCUT2D eigenvalue weighted by Crippen LogP contribution is -2.42. The van der Waals surface area contributed by atoms with Crippen LogP contribution < -0.4 is 5.32 Å². The SMILES string of the molecule is CC(C)N1CCC(Nc2ccc(C#N)cc2)CC1. The number of hydrogen-bond acceptors (Lipinski definition) is 3. The highest BCUT2D eigenvalue weighted by Gasteiger charge is 2.20. The highest BCUT2D eigenvalue weighted by molar-refractivity contribution is 5.47. The topological polar surface area (TPSA) is 39.1 Å². The van der Waals surface area contributed by atoms with E-state index in [9.17, 15) is 0 Å². The Hall–Kier alpha value is -1.53. The van der Waals surface area contributed by atoms with Crippen LogP contribution in [0.1, 0.15) is 32.3 Å². The van der Waals surface area contributed by atoms with Crippen LogP contribution in [0.5, 0.6) is 0 Å². The molecule has 0 bridgehead atoms. The van der Waals surface area contributed by atoms with Crippen LogP contribution in [0, 0.1) is 11.3 Å². The number of hydrogen-bond donors (Lipinski definition) is 1. The molecule has 3 heteroatoms. The van der Waals surface area contributed by atoms with Gasteiger partial charge < -0.3 is 10.2 Å². The van der Waals surface area contributed by atoms with Crippen molar-refractivity contribution in [2.45, 2.75) is 38.8 Å². The van der Waals surface area contributed by atoms with Crippen molar-refractivity contribution < 1.29 is 0 Å². The van der Waals surface area contributed by atoms with Gasteiger partial charge in [0, 0.05) is 30.9 Å². The number of likely N-dealkylation sites (tertiary alicyclic amines) is 1. The highest BCUT2D eigenvalue weighted by Crippen LogP contribution is 2.18. The van der Waals surface area contributed by atoms with E-state index in [1.165, 1.54) is 25.9 Å². The number of nitrogens with one attached hydrogen (secondary N) is 1. The number of piperidine rings is 1. The molecule has 0 amide bonds. The second kappa shape index (κ2) is 5.88. The first-order valence-electron chi connectivity index (χ1n) is 6.70. The minimum Gasteiger partial charge on any atom is -0.382 e. The summed E-state index contributed by atoms with van der Waals surface area (Å²) in [5.74, 6) is 0. The first-order chi connectivity index (χ1) is 8.69. The summed E-state index contributed by atoms with van der Waals surface area (Å²) >= 11 is 0. The predicted octanol–water partition coefficient (Wildman–Crippen LogP) is 2.84. The molecule has 0 saturated carbocycles. The zero-order chi connectivity index (χ0) is 13.0. The maximum Gasteiger partial charge on any atom is 0.0991 e. The third-order valence-corrected chi connectivity index (χ3v) is 3.64. The monoisotopic (exact) mass is 243 g/mol. The molecule has 96 valence electrons. The molecule has 1 aliphatic rings. The Bertz CT molecular complexity index is 408. The predicted molar refractivity (Wildman–Crippen MR) is 74.5 cm³/mol. The maximum absolute atomic E-state index is 8.76. The van der Waals surface area contributed by atoms with Gasteiger partial charge in [-0.05, 0) is 51.0 Å². The van der Waals surface area contributed by atoms with Crippen LogP contribution in [0.15, 0.2) is 24.3 Å². The van der Waals surface area contributed by atoms with Crippen molar-refractivity contribution >= 4 is 5.69 Å². The van der Waals surface area contributed by atoms with Gasteiger partial charge in [-0.1, -0.05) is 0 Å². The van der Waals surface area contributed by atoms with E-state index in [0.29, 0.717) is 12.1 Å². The fraction of sp³-hybridized carbons (Fsp3) is 0.533. The molecule has 1 saturated heterocycles. The minimum atomic E-state index is 0.563.